The summed E-state index contributed by atoms with van der Waals surface area (Å²) in [5, 5.41) is 7.66. The highest BCUT2D eigenvalue weighted by molar-refractivity contribution is 6.30. The molecule has 0 saturated carbocycles. The molecule has 1 aliphatic rings. The van der Waals surface area contributed by atoms with Crippen molar-refractivity contribution in [3.8, 4) is 0 Å². The van der Waals surface area contributed by atoms with Gasteiger partial charge in [0.2, 0.25) is 11.9 Å². The van der Waals surface area contributed by atoms with Crippen LogP contribution in [-0.2, 0) is 13.0 Å². The van der Waals surface area contributed by atoms with Crippen LogP contribution in [0.5, 0.6) is 0 Å². The number of nitrogens with zero attached hydrogens (tertiary/aromatic N) is 4. The van der Waals surface area contributed by atoms with Crippen molar-refractivity contribution < 1.29 is 0 Å². The number of nitrogens with two attached hydrogens (primary N) is 1. The average molecular weight is 411 g/mol. The highest BCUT2D eigenvalue weighted by Gasteiger charge is 2.26. The summed E-state index contributed by atoms with van der Waals surface area (Å²) < 4.78 is 0. The number of piperidine rings is 1. The maximum Gasteiger partial charge on any atom is 0.241 e. The predicted octanol–water partition coefficient (Wildman–Crippen LogP) is 3.75. The summed E-state index contributed by atoms with van der Waals surface area (Å²) in [6, 6.07) is 19.5. The Hall–Kier alpha value is -2.57. The van der Waals surface area contributed by atoms with Gasteiger partial charge in [-0.1, -0.05) is 54.1 Å². The van der Waals surface area contributed by atoms with Gasteiger partial charge in [0.25, 0.3) is 0 Å². The van der Waals surface area contributed by atoms with E-state index in [4.69, 9.17) is 17.3 Å². The van der Waals surface area contributed by atoms with Crippen LogP contribution in [0.1, 0.15) is 24.0 Å². The second-order valence-electron chi connectivity index (χ2n) is 7.57. The zero-order chi connectivity index (χ0) is 20.1. The van der Waals surface area contributed by atoms with E-state index in [2.05, 4.69) is 67.4 Å². The van der Waals surface area contributed by atoms with Crippen molar-refractivity contribution in [2.24, 2.45) is 0 Å². The molecule has 152 valence electrons. The number of hydrogen-bond donors (Lipinski definition) is 2. The first-order valence-electron chi connectivity index (χ1n) is 10.1. The number of nitrogens with one attached hydrogen (secondary N) is 1. The van der Waals surface area contributed by atoms with E-state index in [0.717, 1.165) is 56.4 Å². The van der Waals surface area contributed by atoms with Crippen LogP contribution in [0.4, 0.5) is 11.9 Å². The number of anilines is 2. The third kappa shape index (κ3) is 5.28. The minimum atomic E-state index is 0.302. The van der Waals surface area contributed by atoms with Gasteiger partial charge in [0, 0.05) is 37.2 Å². The Morgan fingerprint density at radius 3 is 2.41 bits per heavy atom. The minimum absolute atomic E-state index is 0.302. The average Bonchev–Trinajstić information content (AvgIpc) is 3.19. The first-order chi connectivity index (χ1) is 14.2. The number of benzene rings is 2. The molecule has 0 atom stereocenters. The summed E-state index contributed by atoms with van der Waals surface area (Å²) in [6.45, 7) is 3.89. The molecule has 1 aromatic heterocycles. The molecule has 7 heteroatoms. The zero-order valence-corrected chi connectivity index (χ0v) is 17.2. The molecule has 0 spiro atoms. The molecule has 6 nitrogen and oxygen atoms in total. The number of aromatic amines is 1. The fourth-order valence-electron chi connectivity index (χ4n) is 3.98. The molecule has 1 fully saturated rings. The summed E-state index contributed by atoms with van der Waals surface area (Å²) in [6.07, 6.45) is 3.20. The molecule has 1 aliphatic heterocycles. The van der Waals surface area contributed by atoms with E-state index >= 15 is 0 Å². The van der Waals surface area contributed by atoms with Gasteiger partial charge in [-0.3, -0.25) is 4.90 Å². The maximum atomic E-state index is 6.03. The second-order valence-corrected chi connectivity index (χ2v) is 8.00. The fraction of sp³-hybridized carbons (Fsp3) is 0.364. The van der Waals surface area contributed by atoms with E-state index < -0.39 is 0 Å². The van der Waals surface area contributed by atoms with Crippen LogP contribution in [0.2, 0.25) is 5.02 Å². The molecule has 1 saturated heterocycles. The van der Waals surface area contributed by atoms with E-state index in [1.165, 1.54) is 11.1 Å². The molecule has 0 unspecified atom stereocenters. The van der Waals surface area contributed by atoms with Crippen molar-refractivity contribution in [1.29, 1.82) is 0 Å². The summed E-state index contributed by atoms with van der Waals surface area (Å²) >= 11 is 6.03. The Labute approximate surface area is 176 Å². The molecule has 0 aliphatic carbocycles. The van der Waals surface area contributed by atoms with Gasteiger partial charge in [-0.2, -0.15) is 4.98 Å². The van der Waals surface area contributed by atoms with Crippen LogP contribution in [0.15, 0.2) is 54.6 Å². The lowest BCUT2D eigenvalue weighted by atomic mass is 10.0. The predicted molar refractivity (Wildman–Crippen MR) is 118 cm³/mol. The van der Waals surface area contributed by atoms with E-state index in [0.29, 0.717) is 12.0 Å². The normalized spacial score (nSPS) is 15.2. The molecule has 0 radical (unpaired) electrons. The molecule has 2 aromatic carbocycles. The van der Waals surface area contributed by atoms with Crippen molar-refractivity contribution >= 4 is 23.5 Å². The van der Waals surface area contributed by atoms with Crippen molar-refractivity contribution in [3.63, 3.8) is 0 Å². The molecule has 2 heterocycles. The van der Waals surface area contributed by atoms with Gasteiger partial charge >= 0.3 is 0 Å². The fourth-order valence-corrected chi connectivity index (χ4v) is 4.11. The Bertz CT molecular complexity index is 887. The Balaban J connectivity index is 1.41. The molecule has 4 rings (SSSR count). The van der Waals surface area contributed by atoms with Crippen LogP contribution in [-0.4, -0.2) is 45.8 Å². The van der Waals surface area contributed by atoms with Crippen LogP contribution in [0.25, 0.3) is 0 Å². The monoisotopic (exact) mass is 410 g/mol. The van der Waals surface area contributed by atoms with Gasteiger partial charge in [0.1, 0.15) is 0 Å². The van der Waals surface area contributed by atoms with Crippen LogP contribution >= 0.6 is 11.6 Å². The Kier molecular flexibility index (Phi) is 6.32. The highest BCUT2D eigenvalue weighted by Crippen LogP contribution is 2.22. The zero-order valence-electron chi connectivity index (χ0n) is 16.5. The van der Waals surface area contributed by atoms with Gasteiger partial charge in [-0.25, -0.2) is 5.10 Å². The summed E-state index contributed by atoms with van der Waals surface area (Å²) in [7, 11) is 0. The van der Waals surface area contributed by atoms with Crippen molar-refractivity contribution in [2.45, 2.75) is 31.8 Å². The third-order valence-corrected chi connectivity index (χ3v) is 5.85. The van der Waals surface area contributed by atoms with Gasteiger partial charge in [-0.15, -0.1) is 5.10 Å². The number of rotatable bonds is 7. The molecule has 0 amide bonds. The van der Waals surface area contributed by atoms with Gasteiger partial charge in [0.15, 0.2) is 0 Å². The highest BCUT2D eigenvalue weighted by atomic mass is 35.5. The standard InChI is InChI=1S/C22H27ClN6/c23-19-8-6-17(7-9-19)10-13-29(16-18-4-2-1-3-5-18)20-11-14-28(15-12-20)22-25-21(24)26-27-22/h1-9,20H,10-16H2,(H3,24,25,26,27). The largest absolute Gasteiger partial charge is 0.366 e. The minimum Gasteiger partial charge on any atom is -0.366 e. The van der Waals surface area contributed by atoms with Crippen LogP contribution in [0.3, 0.4) is 0 Å². The third-order valence-electron chi connectivity index (χ3n) is 5.60. The molecular weight excluding hydrogens is 384 g/mol. The first kappa shape index (κ1) is 19.7. The van der Waals surface area contributed by atoms with Gasteiger partial charge < -0.3 is 10.6 Å². The van der Waals surface area contributed by atoms with Crippen molar-refractivity contribution in [1.82, 2.24) is 20.1 Å². The molecular formula is C22H27ClN6. The summed E-state index contributed by atoms with van der Waals surface area (Å²) in [4.78, 5) is 9.12. The van der Waals surface area contributed by atoms with E-state index in [-0.39, 0.29) is 0 Å². The molecule has 3 N–H and O–H groups in total. The lowest BCUT2D eigenvalue weighted by Gasteiger charge is -2.38. The number of aromatic nitrogens is 3. The lowest BCUT2D eigenvalue weighted by molar-refractivity contribution is 0.162. The Morgan fingerprint density at radius 2 is 1.76 bits per heavy atom. The SMILES string of the molecule is Nc1n[nH]c(N2CCC(N(CCc3ccc(Cl)cc3)Cc3ccccc3)CC2)n1. The number of nitrogen functional groups attached to an aromatic ring is 1. The van der Waals surface area contributed by atoms with E-state index in [1.54, 1.807) is 0 Å². The number of hydrogen-bond acceptors (Lipinski definition) is 5. The number of halogens is 1. The van der Waals surface area contributed by atoms with Crippen LogP contribution in [0, 0.1) is 0 Å². The van der Waals surface area contributed by atoms with Crippen molar-refractivity contribution in [2.75, 3.05) is 30.3 Å². The smallest absolute Gasteiger partial charge is 0.241 e. The van der Waals surface area contributed by atoms with Crippen LogP contribution < -0.4 is 10.6 Å². The van der Waals surface area contributed by atoms with E-state index in [1.807, 2.05) is 12.1 Å². The topological polar surface area (TPSA) is 74.1 Å². The maximum absolute atomic E-state index is 6.03. The summed E-state index contributed by atoms with van der Waals surface area (Å²) in [5.41, 5.74) is 8.33. The number of H-pyrrole nitrogens is 1. The Morgan fingerprint density at radius 1 is 1.03 bits per heavy atom. The second kappa shape index (κ2) is 9.29. The quantitative estimate of drug-likeness (QED) is 0.620. The van der Waals surface area contributed by atoms with Crippen molar-refractivity contribution in [3.05, 3.63) is 70.7 Å². The van der Waals surface area contributed by atoms with E-state index in [9.17, 15) is 0 Å². The molecule has 29 heavy (non-hydrogen) atoms. The van der Waals surface area contributed by atoms with Gasteiger partial charge in [-0.05, 0) is 42.5 Å². The van der Waals surface area contributed by atoms with Gasteiger partial charge in [0.05, 0.1) is 0 Å². The summed E-state index contributed by atoms with van der Waals surface area (Å²) in [5.74, 6) is 1.08. The molecule has 3 aromatic rings. The molecule has 0 bridgehead atoms. The first-order valence-corrected chi connectivity index (χ1v) is 10.5. The lowest BCUT2D eigenvalue weighted by Crippen LogP contribution is -2.45.